The molecule has 0 radical (unpaired) electrons. The minimum Gasteiger partial charge on any atom is -0.493 e. The molecule has 1 heterocycles. The minimum atomic E-state index is 0.174. The molecule has 1 aromatic carbocycles. The predicted molar refractivity (Wildman–Crippen MR) is 63.7 cm³/mol. The molecule has 0 bridgehead atoms. The first-order valence-corrected chi connectivity index (χ1v) is 5.92. The zero-order valence-electron chi connectivity index (χ0n) is 9.48. The van der Waals surface area contributed by atoms with Gasteiger partial charge < -0.3 is 15.2 Å². The fourth-order valence-electron chi connectivity index (χ4n) is 1.86. The number of para-hydroxylation sites is 1. The van der Waals surface area contributed by atoms with Crippen LogP contribution in [-0.2, 0) is 6.42 Å². The van der Waals surface area contributed by atoms with Gasteiger partial charge in [-0.1, -0.05) is 18.2 Å². The molecule has 1 aliphatic heterocycles. The molecule has 0 saturated carbocycles. The second kappa shape index (κ2) is 5.87. The smallest absolute Gasteiger partial charge is 0.122 e. The van der Waals surface area contributed by atoms with Crippen molar-refractivity contribution in [1.82, 2.24) is 5.32 Å². The van der Waals surface area contributed by atoms with E-state index >= 15 is 0 Å². The van der Waals surface area contributed by atoms with Gasteiger partial charge in [-0.15, -0.1) is 0 Å². The van der Waals surface area contributed by atoms with Crippen LogP contribution in [0.25, 0.3) is 0 Å². The molecule has 1 aliphatic rings. The van der Waals surface area contributed by atoms with Crippen molar-refractivity contribution >= 4 is 0 Å². The lowest BCUT2D eigenvalue weighted by molar-refractivity contribution is 0.235. The van der Waals surface area contributed by atoms with Crippen molar-refractivity contribution in [2.75, 3.05) is 26.3 Å². The number of rotatable bonds is 6. The van der Waals surface area contributed by atoms with Gasteiger partial charge >= 0.3 is 0 Å². The Kier molecular flexibility index (Phi) is 4.19. The van der Waals surface area contributed by atoms with Gasteiger partial charge in [-0.05, 0) is 43.5 Å². The molecule has 0 atom stereocenters. The third-order valence-corrected chi connectivity index (χ3v) is 3.00. The highest BCUT2D eigenvalue weighted by Gasteiger charge is 2.16. The number of aliphatic hydroxyl groups excluding tert-OH is 1. The minimum absolute atomic E-state index is 0.174. The van der Waals surface area contributed by atoms with Crippen molar-refractivity contribution in [3.8, 4) is 5.75 Å². The van der Waals surface area contributed by atoms with E-state index < -0.39 is 0 Å². The van der Waals surface area contributed by atoms with E-state index in [9.17, 15) is 0 Å². The van der Waals surface area contributed by atoms with Gasteiger partial charge in [0, 0.05) is 6.61 Å². The van der Waals surface area contributed by atoms with Crippen molar-refractivity contribution in [2.24, 2.45) is 5.92 Å². The molecule has 1 aromatic rings. The van der Waals surface area contributed by atoms with Gasteiger partial charge in [-0.3, -0.25) is 0 Å². The Morgan fingerprint density at radius 1 is 1.31 bits per heavy atom. The number of hydrogen-bond acceptors (Lipinski definition) is 3. The maximum atomic E-state index is 8.94. The first kappa shape index (κ1) is 11.4. The van der Waals surface area contributed by atoms with E-state index in [-0.39, 0.29) is 6.61 Å². The summed E-state index contributed by atoms with van der Waals surface area (Å²) in [5.74, 6) is 1.70. The molecule has 16 heavy (non-hydrogen) atoms. The average Bonchev–Trinajstić information content (AvgIpc) is 2.24. The quantitative estimate of drug-likeness (QED) is 0.758. The molecule has 0 aliphatic carbocycles. The van der Waals surface area contributed by atoms with Crippen molar-refractivity contribution < 1.29 is 9.84 Å². The van der Waals surface area contributed by atoms with Crippen LogP contribution in [0.3, 0.4) is 0 Å². The summed E-state index contributed by atoms with van der Waals surface area (Å²) in [6, 6.07) is 7.94. The van der Waals surface area contributed by atoms with Crippen LogP contribution in [0.15, 0.2) is 24.3 Å². The fraction of sp³-hybridized carbons (Fsp3) is 0.538. The topological polar surface area (TPSA) is 41.5 Å². The molecule has 0 unspecified atom stereocenters. The Bertz CT molecular complexity index is 323. The monoisotopic (exact) mass is 221 g/mol. The molecule has 1 saturated heterocycles. The van der Waals surface area contributed by atoms with E-state index in [1.165, 1.54) is 0 Å². The molecule has 0 amide bonds. The molecule has 2 N–H and O–H groups in total. The van der Waals surface area contributed by atoms with Crippen LogP contribution in [0.5, 0.6) is 5.75 Å². The summed E-state index contributed by atoms with van der Waals surface area (Å²) >= 11 is 0. The van der Waals surface area contributed by atoms with Crippen molar-refractivity contribution in [3.63, 3.8) is 0 Å². The number of nitrogens with one attached hydrogen (secondary N) is 1. The highest BCUT2D eigenvalue weighted by Crippen LogP contribution is 2.19. The van der Waals surface area contributed by atoms with E-state index in [2.05, 4.69) is 5.32 Å². The standard InChI is InChI=1S/C13H19NO2/c15-7-5-12-3-1-2-4-13(12)16-8-6-11-9-14-10-11/h1-4,11,14-15H,5-10H2. The number of ether oxygens (including phenoxy) is 1. The average molecular weight is 221 g/mol. The summed E-state index contributed by atoms with van der Waals surface area (Å²) in [6.07, 6.45) is 1.78. The summed E-state index contributed by atoms with van der Waals surface area (Å²) < 4.78 is 5.76. The molecule has 3 nitrogen and oxygen atoms in total. The largest absolute Gasteiger partial charge is 0.493 e. The maximum absolute atomic E-state index is 8.94. The SMILES string of the molecule is OCCc1ccccc1OCCC1CNC1. The highest BCUT2D eigenvalue weighted by atomic mass is 16.5. The van der Waals surface area contributed by atoms with E-state index in [4.69, 9.17) is 9.84 Å². The van der Waals surface area contributed by atoms with Crippen molar-refractivity contribution in [3.05, 3.63) is 29.8 Å². The van der Waals surface area contributed by atoms with E-state index in [0.29, 0.717) is 6.42 Å². The lowest BCUT2D eigenvalue weighted by Gasteiger charge is -2.26. The van der Waals surface area contributed by atoms with Crippen molar-refractivity contribution in [2.45, 2.75) is 12.8 Å². The Hall–Kier alpha value is -1.06. The molecule has 0 spiro atoms. The summed E-state index contributed by atoms with van der Waals surface area (Å²) in [6.45, 7) is 3.20. The second-order valence-corrected chi connectivity index (χ2v) is 4.24. The van der Waals surface area contributed by atoms with Crippen LogP contribution in [0, 0.1) is 5.92 Å². The lowest BCUT2D eigenvalue weighted by atomic mass is 10.0. The van der Waals surface area contributed by atoms with Crippen LogP contribution in [-0.4, -0.2) is 31.4 Å². The van der Waals surface area contributed by atoms with Gasteiger partial charge in [0.25, 0.3) is 0 Å². The molecule has 2 rings (SSSR count). The molecule has 1 fully saturated rings. The Labute approximate surface area is 96.4 Å². The number of aliphatic hydroxyl groups is 1. The lowest BCUT2D eigenvalue weighted by Crippen LogP contribution is -2.42. The molecule has 3 heteroatoms. The van der Waals surface area contributed by atoms with Gasteiger partial charge in [0.2, 0.25) is 0 Å². The Morgan fingerprint density at radius 3 is 2.81 bits per heavy atom. The fourth-order valence-corrected chi connectivity index (χ4v) is 1.86. The van der Waals surface area contributed by atoms with Crippen LogP contribution in [0.4, 0.5) is 0 Å². The highest BCUT2D eigenvalue weighted by molar-refractivity contribution is 5.33. The zero-order chi connectivity index (χ0) is 11.2. The van der Waals surface area contributed by atoms with Crippen LogP contribution in [0.2, 0.25) is 0 Å². The van der Waals surface area contributed by atoms with Crippen LogP contribution < -0.4 is 10.1 Å². The first-order valence-electron chi connectivity index (χ1n) is 5.92. The Balaban J connectivity index is 1.82. The summed E-state index contributed by atoms with van der Waals surface area (Å²) in [7, 11) is 0. The van der Waals surface area contributed by atoms with E-state index in [1.54, 1.807) is 0 Å². The number of hydrogen-bond donors (Lipinski definition) is 2. The zero-order valence-corrected chi connectivity index (χ0v) is 9.48. The third kappa shape index (κ3) is 2.97. The summed E-state index contributed by atoms with van der Waals surface area (Å²) in [4.78, 5) is 0. The maximum Gasteiger partial charge on any atom is 0.122 e. The van der Waals surface area contributed by atoms with E-state index in [0.717, 1.165) is 43.3 Å². The van der Waals surface area contributed by atoms with Crippen molar-refractivity contribution in [1.29, 1.82) is 0 Å². The molecule has 0 aromatic heterocycles. The van der Waals surface area contributed by atoms with Crippen LogP contribution >= 0.6 is 0 Å². The van der Waals surface area contributed by atoms with Crippen LogP contribution in [0.1, 0.15) is 12.0 Å². The predicted octanol–water partition coefficient (Wildman–Crippen LogP) is 1.21. The Morgan fingerprint density at radius 2 is 2.12 bits per heavy atom. The summed E-state index contributed by atoms with van der Waals surface area (Å²) in [5.41, 5.74) is 1.09. The van der Waals surface area contributed by atoms with Gasteiger partial charge in [-0.25, -0.2) is 0 Å². The normalized spacial score (nSPS) is 15.8. The van der Waals surface area contributed by atoms with Gasteiger partial charge in [0.15, 0.2) is 0 Å². The number of benzene rings is 1. The van der Waals surface area contributed by atoms with Gasteiger partial charge in [-0.2, -0.15) is 0 Å². The summed E-state index contributed by atoms with van der Waals surface area (Å²) in [5, 5.41) is 12.2. The van der Waals surface area contributed by atoms with Gasteiger partial charge in [0.05, 0.1) is 6.61 Å². The van der Waals surface area contributed by atoms with Gasteiger partial charge in [0.1, 0.15) is 5.75 Å². The first-order chi connectivity index (χ1) is 7.90. The van der Waals surface area contributed by atoms with E-state index in [1.807, 2.05) is 24.3 Å². The third-order valence-electron chi connectivity index (χ3n) is 3.00. The molecular formula is C13H19NO2. The molecular weight excluding hydrogens is 202 g/mol. The second-order valence-electron chi connectivity index (χ2n) is 4.24. The molecule has 88 valence electrons.